The summed E-state index contributed by atoms with van der Waals surface area (Å²) in [6.07, 6.45) is 0.957. The molecule has 0 radical (unpaired) electrons. The molecule has 0 aliphatic carbocycles. The van der Waals surface area contributed by atoms with Crippen LogP contribution in [0.25, 0.3) is 0 Å². The first-order valence-corrected chi connectivity index (χ1v) is 13.0. The van der Waals surface area contributed by atoms with Crippen molar-refractivity contribution in [2.24, 2.45) is 5.92 Å². The number of thiocarbonyl (C=S) groups is 1. The van der Waals surface area contributed by atoms with Crippen LogP contribution in [0.5, 0.6) is 5.75 Å². The minimum atomic E-state index is -3.71. The fourth-order valence-electron chi connectivity index (χ4n) is 3.10. The van der Waals surface area contributed by atoms with Crippen LogP contribution in [0.15, 0.2) is 83.8 Å². The van der Waals surface area contributed by atoms with Crippen LogP contribution in [0, 0.1) is 5.92 Å². The Bertz CT molecular complexity index is 1240. The summed E-state index contributed by atoms with van der Waals surface area (Å²) in [6.45, 7) is 4.89. The van der Waals surface area contributed by atoms with Crippen molar-refractivity contribution in [3.63, 3.8) is 0 Å². The molecular formula is C26H29N3O4S2. The number of nitrogens with zero attached hydrogens (tertiary/aromatic N) is 1. The fraction of sp³-hybridized carbons (Fsp3) is 0.231. The van der Waals surface area contributed by atoms with Gasteiger partial charge in [-0.2, -0.15) is 0 Å². The van der Waals surface area contributed by atoms with Crippen LogP contribution < -0.4 is 19.7 Å². The van der Waals surface area contributed by atoms with E-state index in [0.29, 0.717) is 35.2 Å². The van der Waals surface area contributed by atoms with Crippen molar-refractivity contribution in [3.05, 3.63) is 84.4 Å². The quantitative estimate of drug-likeness (QED) is 0.390. The van der Waals surface area contributed by atoms with Crippen LogP contribution >= 0.6 is 12.2 Å². The predicted molar refractivity (Wildman–Crippen MR) is 144 cm³/mol. The number of ether oxygens (including phenoxy) is 1. The zero-order chi connectivity index (χ0) is 25.4. The van der Waals surface area contributed by atoms with Crippen molar-refractivity contribution in [1.82, 2.24) is 5.32 Å². The average Bonchev–Trinajstić information content (AvgIpc) is 2.84. The number of carbonyl (C=O) groups is 1. The summed E-state index contributed by atoms with van der Waals surface area (Å²) in [4.78, 5) is 12.6. The molecule has 3 aromatic carbocycles. The number of rotatable bonds is 9. The van der Waals surface area contributed by atoms with Gasteiger partial charge in [-0.3, -0.25) is 14.4 Å². The van der Waals surface area contributed by atoms with Crippen molar-refractivity contribution < 1.29 is 17.9 Å². The van der Waals surface area contributed by atoms with Gasteiger partial charge in [-0.1, -0.05) is 32.0 Å². The molecule has 3 aromatic rings. The monoisotopic (exact) mass is 511 g/mol. The van der Waals surface area contributed by atoms with E-state index in [1.165, 1.54) is 23.5 Å². The van der Waals surface area contributed by atoms with Gasteiger partial charge in [0.15, 0.2) is 5.11 Å². The van der Waals surface area contributed by atoms with E-state index in [1.54, 1.807) is 60.7 Å². The molecule has 0 heterocycles. The topological polar surface area (TPSA) is 87.7 Å². The second-order valence-corrected chi connectivity index (χ2v) is 10.7. The van der Waals surface area contributed by atoms with Crippen LogP contribution in [0.3, 0.4) is 0 Å². The van der Waals surface area contributed by atoms with E-state index in [4.69, 9.17) is 17.0 Å². The Morgan fingerprint density at radius 3 is 2.20 bits per heavy atom. The first-order chi connectivity index (χ1) is 16.7. The molecule has 0 aliphatic rings. The molecule has 0 spiro atoms. The summed E-state index contributed by atoms with van der Waals surface area (Å²) < 4.78 is 32.7. The molecule has 7 nitrogen and oxygen atoms in total. The number of anilines is 2. The van der Waals surface area contributed by atoms with Crippen LogP contribution in [-0.2, 0) is 10.0 Å². The van der Waals surface area contributed by atoms with Crippen molar-refractivity contribution in [3.8, 4) is 5.75 Å². The number of benzene rings is 3. The second kappa shape index (κ2) is 11.8. The van der Waals surface area contributed by atoms with Gasteiger partial charge in [0.1, 0.15) is 5.75 Å². The van der Waals surface area contributed by atoms with E-state index in [2.05, 4.69) is 24.5 Å². The molecular weight excluding hydrogens is 482 g/mol. The van der Waals surface area contributed by atoms with E-state index in [0.717, 1.165) is 6.42 Å². The molecule has 0 atom stereocenters. The maximum Gasteiger partial charge on any atom is 0.264 e. The molecule has 1 amide bonds. The molecule has 2 N–H and O–H groups in total. The first kappa shape index (κ1) is 26.2. The van der Waals surface area contributed by atoms with Gasteiger partial charge in [0.25, 0.3) is 15.9 Å². The SMILES string of the molecule is CC(C)CCOc1ccc(C(=O)NC(=S)Nc2ccc(S(=O)(=O)N(C)c3ccccc3)cc2)cc1. The van der Waals surface area contributed by atoms with Crippen molar-refractivity contribution in [2.75, 3.05) is 23.3 Å². The molecule has 0 saturated carbocycles. The molecule has 0 aromatic heterocycles. The summed E-state index contributed by atoms with van der Waals surface area (Å²) >= 11 is 5.24. The Kier molecular flexibility index (Phi) is 8.84. The third-order valence-electron chi connectivity index (χ3n) is 5.20. The standard InChI is InChI=1S/C26H29N3O4S2/c1-19(2)17-18-33-23-13-9-20(10-14-23)25(30)28-26(34)27-21-11-15-24(16-12-21)35(31,32)29(3)22-7-5-4-6-8-22/h4-16,19H,17-18H2,1-3H3,(H2,27,28,30,34). The summed E-state index contributed by atoms with van der Waals surface area (Å²) in [7, 11) is -2.21. The highest BCUT2D eigenvalue weighted by Gasteiger charge is 2.21. The molecule has 184 valence electrons. The third kappa shape index (κ3) is 7.27. The maximum absolute atomic E-state index is 12.9. The third-order valence-corrected chi connectivity index (χ3v) is 7.20. The largest absolute Gasteiger partial charge is 0.494 e. The van der Waals surface area contributed by atoms with E-state index < -0.39 is 10.0 Å². The lowest BCUT2D eigenvalue weighted by Crippen LogP contribution is -2.34. The highest BCUT2D eigenvalue weighted by molar-refractivity contribution is 7.92. The van der Waals surface area contributed by atoms with Crippen molar-refractivity contribution >= 4 is 44.6 Å². The van der Waals surface area contributed by atoms with Gasteiger partial charge in [-0.05, 0) is 85.2 Å². The van der Waals surface area contributed by atoms with Gasteiger partial charge < -0.3 is 10.1 Å². The van der Waals surface area contributed by atoms with E-state index in [-0.39, 0.29) is 15.9 Å². The molecule has 0 bridgehead atoms. The smallest absolute Gasteiger partial charge is 0.264 e. The number of sulfonamides is 1. The van der Waals surface area contributed by atoms with E-state index in [1.807, 2.05) is 6.07 Å². The highest BCUT2D eigenvalue weighted by atomic mass is 32.2. The van der Waals surface area contributed by atoms with Crippen LogP contribution in [0.2, 0.25) is 0 Å². The average molecular weight is 512 g/mol. The zero-order valence-corrected chi connectivity index (χ0v) is 21.5. The number of amides is 1. The maximum atomic E-state index is 12.9. The molecule has 0 fully saturated rings. The Morgan fingerprint density at radius 2 is 1.60 bits per heavy atom. The van der Waals surface area contributed by atoms with Crippen LogP contribution in [0.4, 0.5) is 11.4 Å². The lowest BCUT2D eigenvalue weighted by atomic mass is 10.1. The summed E-state index contributed by atoms with van der Waals surface area (Å²) in [6, 6.07) is 21.8. The molecule has 0 unspecified atom stereocenters. The lowest BCUT2D eigenvalue weighted by Gasteiger charge is -2.19. The Labute approximate surface area is 212 Å². The van der Waals surface area contributed by atoms with Gasteiger partial charge in [-0.25, -0.2) is 8.42 Å². The summed E-state index contributed by atoms with van der Waals surface area (Å²) in [5.41, 5.74) is 1.55. The van der Waals surface area contributed by atoms with Gasteiger partial charge in [-0.15, -0.1) is 0 Å². The molecule has 0 aliphatic heterocycles. The molecule has 35 heavy (non-hydrogen) atoms. The van der Waals surface area contributed by atoms with E-state index in [9.17, 15) is 13.2 Å². The molecule has 9 heteroatoms. The summed E-state index contributed by atoms with van der Waals surface area (Å²) in [5, 5.41) is 5.62. The van der Waals surface area contributed by atoms with Crippen molar-refractivity contribution in [1.29, 1.82) is 0 Å². The minimum Gasteiger partial charge on any atom is -0.494 e. The number of para-hydroxylation sites is 1. The predicted octanol–water partition coefficient (Wildman–Crippen LogP) is 5.06. The van der Waals surface area contributed by atoms with E-state index >= 15 is 0 Å². The number of carbonyl (C=O) groups excluding carboxylic acids is 1. The van der Waals surface area contributed by atoms with Crippen molar-refractivity contribution in [2.45, 2.75) is 25.2 Å². The highest BCUT2D eigenvalue weighted by Crippen LogP contribution is 2.23. The number of nitrogens with one attached hydrogen (secondary N) is 2. The Hall–Kier alpha value is -3.43. The Morgan fingerprint density at radius 1 is 0.971 bits per heavy atom. The van der Waals surface area contributed by atoms with Gasteiger partial charge in [0, 0.05) is 18.3 Å². The van der Waals surface area contributed by atoms with Crippen LogP contribution in [-0.4, -0.2) is 33.1 Å². The first-order valence-electron chi connectivity index (χ1n) is 11.2. The number of hydrogen-bond donors (Lipinski definition) is 2. The van der Waals surface area contributed by atoms with Gasteiger partial charge in [0.2, 0.25) is 0 Å². The lowest BCUT2D eigenvalue weighted by molar-refractivity contribution is 0.0977. The number of hydrogen-bond acceptors (Lipinski definition) is 5. The normalized spacial score (nSPS) is 11.1. The second-order valence-electron chi connectivity index (χ2n) is 8.30. The van der Waals surface area contributed by atoms with Crippen LogP contribution in [0.1, 0.15) is 30.6 Å². The minimum absolute atomic E-state index is 0.101. The zero-order valence-electron chi connectivity index (χ0n) is 19.9. The van der Waals surface area contributed by atoms with Gasteiger partial charge >= 0.3 is 0 Å². The summed E-state index contributed by atoms with van der Waals surface area (Å²) in [5.74, 6) is 0.903. The van der Waals surface area contributed by atoms with Gasteiger partial charge in [0.05, 0.1) is 17.2 Å². The Balaban J connectivity index is 1.56. The fourth-order valence-corrected chi connectivity index (χ4v) is 4.50. The molecule has 3 rings (SSSR count). The molecule has 0 saturated heterocycles.